The van der Waals surface area contributed by atoms with Crippen molar-refractivity contribution in [2.45, 2.75) is 38.4 Å². The smallest absolute Gasteiger partial charge is 0.154 e. The fourth-order valence-electron chi connectivity index (χ4n) is 2.24. The van der Waals surface area contributed by atoms with Crippen LogP contribution < -0.4 is 5.73 Å². The molecule has 0 aliphatic heterocycles. The number of amidine groups is 1. The number of aliphatic imine (C=N–C) groups is 1. The van der Waals surface area contributed by atoms with Gasteiger partial charge in [0.25, 0.3) is 0 Å². The minimum Gasteiger partial charge on any atom is -0.379 e. The van der Waals surface area contributed by atoms with Gasteiger partial charge in [-0.25, -0.2) is 0 Å². The van der Waals surface area contributed by atoms with Crippen molar-refractivity contribution in [3.8, 4) is 0 Å². The van der Waals surface area contributed by atoms with E-state index in [2.05, 4.69) is 74.3 Å². The first-order valence-corrected chi connectivity index (χ1v) is 9.00. The molecular formula is C20H26N2S. The van der Waals surface area contributed by atoms with Crippen LogP contribution in [0.3, 0.4) is 0 Å². The summed E-state index contributed by atoms with van der Waals surface area (Å²) in [6, 6.07) is 19.2. The molecule has 2 nitrogen and oxygen atoms in total. The molecule has 0 amide bonds. The highest BCUT2D eigenvalue weighted by atomic mass is 32.2. The average molecular weight is 327 g/mol. The van der Waals surface area contributed by atoms with Gasteiger partial charge in [-0.2, -0.15) is 0 Å². The molecule has 23 heavy (non-hydrogen) atoms. The first-order valence-electron chi connectivity index (χ1n) is 8.01. The van der Waals surface area contributed by atoms with Crippen LogP contribution in [0.5, 0.6) is 0 Å². The summed E-state index contributed by atoms with van der Waals surface area (Å²) in [5.74, 6) is 0.866. The minimum atomic E-state index is 0.198. The summed E-state index contributed by atoms with van der Waals surface area (Å²) in [7, 11) is 0. The number of hydrogen-bond acceptors (Lipinski definition) is 2. The quantitative estimate of drug-likeness (QED) is 0.634. The Morgan fingerprint density at radius 1 is 0.957 bits per heavy atom. The minimum absolute atomic E-state index is 0.198. The van der Waals surface area contributed by atoms with Crippen LogP contribution >= 0.6 is 11.8 Å². The molecule has 0 atom stereocenters. The van der Waals surface area contributed by atoms with E-state index in [0.717, 1.165) is 18.7 Å². The zero-order valence-electron chi connectivity index (χ0n) is 14.3. The second-order valence-electron chi connectivity index (χ2n) is 6.69. The first kappa shape index (κ1) is 17.6. The molecular weight excluding hydrogens is 300 g/mol. The van der Waals surface area contributed by atoms with E-state index in [-0.39, 0.29) is 5.41 Å². The number of rotatable bonds is 5. The second-order valence-corrected chi connectivity index (χ2v) is 7.69. The van der Waals surface area contributed by atoms with Gasteiger partial charge in [-0.1, -0.05) is 87.1 Å². The van der Waals surface area contributed by atoms with Crippen LogP contribution in [0.15, 0.2) is 59.6 Å². The summed E-state index contributed by atoms with van der Waals surface area (Å²) in [5.41, 5.74) is 10.1. The van der Waals surface area contributed by atoms with Gasteiger partial charge in [0.1, 0.15) is 0 Å². The van der Waals surface area contributed by atoms with Gasteiger partial charge in [-0.3, -0.25) is 4.99 Å². The van der Waals surface area contributed by atoms with Crippen LogP contribution in [0, 0.1) is 0 Å². The standard InChI is InChI=1S/C20H26N2S/c1-20(2,3)18-11-9-17(10-12-18)15-23-19(21)22-14-13-16-7-5-4-6-8-16/h4-12H,13-15H2,1-3H3,(H2,21,22). The maximum absolute atomic E-state index is 6.00. The van der Waals surface area contributed by atoms with Crippen molar-refractivity contribution < 1.29 is 0 Å². The van der Waals surface area contributed by atoms with Gasteiger partial charge < -0.3 is 5.73 Å². The van der Waals surface area contributed by atoms with E-state index in [1.165, 1.54) is 16.7 Å². The normalized spacial score (nSPS) is 12.4. The van der Waals surface area contributed by atoms with Crippen molar-refractivity contribution in [2.75, 3.05) is 6.54 Å². The topological polar surface area (TPSA) is 38.4 Å². The third-order valence-electron chi connectivity index (χ3n) is 3.72. The van der Waals surface area contributed by atoms with Gasteiger partial charge in [0, 0.05) is 12.3 Å². The van der Waals surface area contributed by atoms with E-state index in [9.17, 15) is 0 Å². The third kappa shape index (κ3) is 6.11. The van der Waals surface area contributed by atoms with Crippen molar-refractivity contribution >= 4 is 16.9 Å². The highest BCUT2D eigenvalue weighted by Gasteiger charge is 2.12. The van der Waals surface area contributed by atoms with E-state index in [1.807, 2.05) is 6.07 Å². The van der Waals surface area contributed by atoms with E-state index in [1.54, 1.807) is 11.8 Å². The molecule has 0 unspecified atom stereocenters. The van der Waals surface area contributed by atoms with Crippen LogP contribution in [-0.4, -0.2) is 11.7 Å². The summed E-state index contributed by atoms with van der Waals surface area (Å²) in [4.78, 5) is 4.45. The summed E-state index contributed by atoms with van der Waals surface area (Å²) in [5, 5.41) is 0.667. The Labute approximate surface area is 144 Å². The molecule has 0 heterocycles. The van der Waals surface area contributed by atoms with E-state index in [4.69, 9.17) is 5.73 Å². The lowest BCUT2D eigenvalue weighted by Crippen LogP contribution is -2.11. The number of nitrogens with zero attached hydrogens (tertiary/aromatic N) is 1. The fraction of sp³-hybridized carbons (Fsp3) is 0.350. The van der Waals surface area contributed by atoms with Crippen molar-refractivity contribution in [1.29, 1.82) is 0 Å². The zero-order valence-corrected chi connectivity index (χ0v) is 15.1. The predicted octanol–water partition coefficient (Wildman–Crippen LogP) is 4.77. The van der Waals surface area contributed by atoms with Gasteiger partial charge in [0.05, 0.1) is 0 Å². The molecule has 0 aliphatic rings. The maximum atomic E-state index is 6.00. The summed E-state index contributed by atoms with van der Waals surface area (Å²) in [6.07, 6.45) is 0.933. The molecule has 2 N–H and O–H groups in total. The summed E-state index contributed by atoms with van der Waals surface area (Å²) < 4.78 is 0. The van der Waals surface area contributed by atoms with Crippen molar-refractivity contribution in [3.63, 3.8) is 0 Å². The molecule has 0 radical (unpaired) electrons. The van der Waals surface area contributed by atoms with Crippen LogP contribution in [0.25, 0.3) is 0 Å². The molecule has 3 heteroatoms. The van der Waals surface area contributed by atoms with Crippen molar-refractivity contribution in [2.24, 2.45) is 10.7 Å². The van der Waals surface area contributed by atoms with E-state index < -0.39 is 0 Å². The van der Waals surface area contributed by atoms with Gasteiger partial charge in [-0.05, 0) is 28.5 Å². The lowest BCUT2D eigenvalue weighted by Gasteiger charge is -2.19. The van der Waals surface area contributed by atoms with Crippen LogP contribution in [-0.2, 0) is 17.6 Å². The summed E-state index contributed by atoms with van der Waals surface area (Å²) in [6.45, 7) is 7.43. The van der Waals surface area contributed by atoms with E-state index >= 15 is 0 Å². The second kappa shape index (κ2) is 8.21. The maximum Gasteiger partial charge on any atom is 0.154 e. The highest BCUT2D eigenvalue weighted by Crippen LogP contribution is 2.23. The lowest BCUT2D eigenvalue weighted by atomic mass is 9.87. The Hall–Kier alpha value is -1.74. The highest BCUT2D eigenvalue weighted by molar-refractivity contribution is 8.13. The number of benzene rings is 2. The Balaban J connectivity index is 1.79. The lowest BCUT2D eigenvalue weighted by molar-refractivity contribution is 0.590. The van der Waals surface area contributed by atoms with Gasteiger partial charge in [0.2, 0.25) is 0 Å². The Kier molecular flexibility index (Phi) is 6.28. The van der Waals surface area contributed by atoms with Gasteiger partial charge in [-0.15, -0.1) is 0 Å². The summed E-state index contributed by atoms with van der Waals surface area (Å²) >= 11 is 1.61. The first-order chi connectivity index (χ1) is 10.9. The number of nitrogens with two attached hydrogens (primary N) is 1. The molecule has 0 bridgehead atoms. The molecule has 0 aliphatic carbocycles. The monoisotopic (exact) mass is 326 g/mol. The molecule has 0 spiro atoms. The Morgan fingerprint density at radius 3 is 2.22 bits per heavy atom. The zero-order chi connectivity index (χ0) is 16.7. The number of hydrogen-bond donors (Lipinski definition) is 1. The molecule has 122 valence electrons. The molecule has 0 saturated heterocycles. The fourth-order valence-corrected chi connectivity index (χ4v) is 2.93. The SMILES string of the molecule is CC(C)(C)c1ccc(CSC(N)=NCCc2ccccc2)cc1. The Bertz CT molecular complexity index is 625. The van der Waals surface area contributed by atoms with E-state index in [0.29, 0.717) is 5.17 Å². The van der Waals surface area contributed by atoms with Crippen molar-refractivity contribution in [3.05, 3.63) is 71.3 Å². The average Bonchev–Trinajstić information content (AvgIpc) is 2.53. The van der Waals surface area contributed by atoms with Crippen LogP contribution in [0.1, 0.15) is 37.5 Å². The van der Waals surface area contributed by atoms with Gasteiger partial charge >= 0.3 is 0 Å². The molecule has 0 aromatic heterocycles. The van der Waals surface area contributed by atoms with Crippen molar-refractivity contribution in [1.82, 2.24) is 0 Å². The third-order valence-corrected chi connectivity index (χ3v) is 4.62. The largest absolute Gasteiger partial charge is 0.379 e. The molecule has 2 aromatic rings. The number of thioether (sulfide) groups is 1. The van der Waals surface area contributed by atoms with Crippen LogP contribution in [0.2, 0.25) is 0 Å². The molecule has 0 saturated carbocycles. The van der Waals surface area contributed by atoms with Gasteiger partial charge in [0.15, 0.2) is 5.17 Å². The Morgan fingerprint density at radius 2 is 1.61 bits per heavy atom. The molecule has 0 fully saturated rings. The molecule has 2 rings (SSSR count). The van der Waals surface area contributed by atoms with Crippen LogP contribution in [0.4, 0.5) is 0 Å². The predicted molar refractivity (Wildman–Crippen MR) is 103 cm³/mol. The molecule has 2 aromatic carbocycles.